The van der Waals surface area contributed by atoms with Crippen LogP contribution in [0.5, 0.6) is 0 Å². The van der Waals surface area contributed by atoms with Crippen LogP contribution in [0, 0.1) is 0 Å². The number of pyridine rings is 1. The first-order valence-electron chi connectivity index (χ1n) is 7.59. The first kappa shape index (κ1) is 17.0. The van der Waals surface area contributed by atoms with Crippen LogP contribution in [0.3, 0.4) is 0 Å². The molecule has 0 aliphatic carbocycles. The van der Waals surface area contributed by atoms with Gasteiger partial charge >= 0.3 is 5.97 Å². The molecule has 0 saturated carbocycles. The van der Waals surface area contributed by atoms with Gasteiger partial charge in [0.1, 0.15) is 16.5 Å². The highest BCUT2D eigenvalue weighted by Gasteiger charge is 2.16. The van der Waals surface area contributed by atoms with Crippen molar-refractivity contribution in [1.29, 1.82) is 0 Å². The van der Waals surface area contributed by atoms with Crippen LogP contribution in [0.4, 0.5) is 0 Å². The zero-order valence-electron chi connectivity index (χ0n) is 13.4. The molecule has 1 atom stereocenters. The molecule has 128 valence electrons. The largest absolute Gasteiger partial charge is 0.459 e. The van der Waals surface area contributed by atoms with E-state index in [0.717, 1.165) is 11.0 Å². The maximum Gasteiger partial charge on any atom is 0.340 e. The molecule has 1 aromatic carbocycles. The van der Waals surface area contributed by atoms with Gasteiger partial charge < -0.3 is 14.5 Å². The van der Waals surface area contributed by atoms with Gasteiger partial charge in [-0.15, -0.1) is 0 Å². The quantitative estimate of drug-likeness (QED) is 0.557. The van der Waals surface area contributed by atoms with Crippen LogP contribution >= 0.6 is 11.6 Å². The Morgan fingerprint density at radius 3 is 2.80 bits per heavy atom. The van der Waals surface area contributed by atoms with Crippen molar-refractivity contribution in [3.63, 3.8) is 0 Å². The standard InChI is InChI=1S/C18H15ClN2O4/c1-11(15-8-12-4-2-3-5-14(12)25-15)21-17(22)10-24-18(23)13-6-7-16(19)20-9-13/h2-9,11H,10H2,1H3,(H,21,22)/t11-/m1/s1. The second-order valence-electron chi connectivity index (χ2n) is 5.42. The number of furan rings is 1. The zero-order valence-corrected chi connectivity index (χ0v) is 14.1. The molecule has 0 radical (unpaired) electrons. The Morgan fingerprint density at radius 1 is 1.28 bits per heavy atom. The number of carbonyl (C=O) groups is 2. The highest BCUT2D eigenvalue weighted by Crippen LogP contribution is 2.23. The normalized spacial score (nSPS) is 11.9. The second kappa shape index (κ2) is 7.36. The van der Waals surface area contributed by atoms with Crippen molar-refractivity contribution in [3.8, 4) is 0 Å². The predicted octanol–water partition coefficient (Wildman–Crippen LogP) is 3.52. The number of esters is 1. The van der Waals surface area contributed by atoms with E-state index in [1.807, 2.05) is 30.3 Å². The third-order valence-electron chi connectivity index (χ3n) is 3.55. The first-order chi connectivity index (χ1) is 12.0. The molecule has 1 N–H and O–H groups in total. The topological polar surface area (TPSA) is 81.4 Å². The van der Waals surface area contributed by atoms with E-state index in [0.29, 0.717) is 5.76 Å². The summed E-state index contributed by atoms with van der Waals surface area (Å²) in [6, 6.07) is 12.0. The first-order valence-corrected chi connectivity index (χ1v) is 7.97. The SMILES string of the molecule is C[C@@H](NC(=O)COC(=O)c1ccc(Cl)nc1)c1cc2ccccc2o1. The number of aromatic nitrogens is 1. The van der Waals surface area contributed by atoms with Gasteiger partial charge in [-0.05, 0) is 31.2 Å². The molecule has 6 nitrogen and oxygen atoms in total. The summed E-state index contributed by atoms with van der Waals surface area (Å²) >= 11 is 5.65. The Hall–Kier alpha value is -2.86. The summed E-state index contributed by atoms with van der Waals surface area (Å²) in [5, 5.41) is 3.96. The molecule has 2 aromatic heterocycles. The van der Waals surface area contributed by atoms with Gasteiger partial charge in [-0.2, -0.15) is 0 Å². The van der Waals surface area contributed by atoms with E-state index in [4.69, 9.17) is 20.8 Å². The van der Waals surface area contributed by atoms with Crippen molar-refractivity contribution >= 4 is 34.4 Å². The molecular weight excluding hydrogens is 344 g/mol. The number of carbonyl (C=O) groups excluding carboxylic acids is 2. The molecule has 0 bridgehead atoms. The number of hydrogen-bond acceptors (Lipinski definition) is 5. The molecule has 3 aromatic rings. The fourth-order valence-electron chi connectivity index (χ4n) is 2.28. The Morgan fingerprint density at radius 2 is 2.08 bits per heavy atom. The number of fused-ring (bicyclic) bond motifs is 1. The van der Waals surface area contributed by atoms with Gasteiger partial charge in [-0.1, -0.05) is 29.8 Å². The van der Waals surface area contributed by atoms with Gasteiger partial charge in [0.2, 0.25) is 0 Å². The van der Waals surface area contributed by atoms with Crippen LogP contribution in [0.15, 0.2) is 53.1 Å². The molecular formula is C18H15ClN2O4. The highest BCUT2D eigenvalue weighted by atomic mass is 35.5. The van der Waals surface area contributed by atoms with Crippen molar-refractivity contribution in [1.82, 2.24) is 10.3 Å². The average molecular weight is 359 g/mol. The molecule has 3 rings (SSSR count). The van der Waals surface area contributed by atoms with Crippen LogP contribution in [0.25, 0.3) is 11.0 Å². The van der Waals surface area contributed by atoms with E-state index in [1.54, 1.807) is 6.92 Å². The number of nitrogens with one attached hydrogen (secondary N) is 1. The average Bonchev–Trinajstić information content (AvgIpc) is 3.04. The van der Waals surface area contributed by atoms with Crippen LogP contribution in [0.2, 0.25) is 5.15 Å². The fourth-order valence-corrected chi connectivity index (χ4v) is 2.39. The minimum Gasteiger partial charge on any atom is -0.459 e. The number of nitrogens with zero attached hydrogens (tertiary/aromatic N) is 1. The summed E-state index contributed by atoms with van der Waals surface area (Å²) < 4.78 is 10.7. The lowest BCUT2D eigenvalue weighted by molar-refractivity contribution is -0.125. The van der Waals surface area contributed by atoms with E-state index in [2.05, 4.69) is 10.3 Å². The third-order valence-corrected chi connectivity index (χ3v) is 3.77. The minimum atomic E-state index is -0.643. The van der Waals surface area contributed by atoms with Crippen LogP contribution < -0.4 is 5.32 Å². The van der Waals surface area contributed by atoms with Crippen LogP contribution in [-0.4, -0.2) is 23.5 Å². The van der Waals surface area contributed by atoms with Crippen molar-refractivity contribution in [3.05, 3.63) is 65.1 Å². The van der Waals surface area contributed by atoms with E-state index in [1.165, 1.54) is 18.3 Å². The maximum absolute atomic E-state index is 12.0. The molecule has 1 amide bonds. The molecule has 0 saturated heterocycles. The van der Waals surface area contributed by atoms with E-state index >= 15 is 0 Å². The van der Waals surface area contributed by atoms with Crippen molar-refractivity contribution in [2.45, 2.75) is 13.0 Å². The van der Waals surface area contributed by atoms with Gasteiger partial charge in [0.25, 0.3) is 5.91 Å². The summed E-state index contributed by atoms with van der Waals surface area (Å²) in [4.78, 5) is 27.6. The highest BCUT2D eigenvalue weighted by molar-refractivity contribution is 6.29. The lowest BCUT2D eigenvalue weighted by Gasteiger charge is -2.11. The number of ether oxygens (including phenoxy) is 1. The predicted molar refractivity (Wildman–Crippen MR) is 92.3 cm³/mol. The smallest absolute Gasteiger partial charge is 0.340 e. The van der Waals surface area contributed by atoms with E-state index < -0.39 is 18.5 Å². The van der Waals surface area contributed by atoms with Crippen molar-refractivity contribution in [2.24, 2.45) is 0 Å². The van der Waals surface area contributed by atoms with Crippen molar-refractivity contribution in [2.75, 3.05) is 6.61 Å². The monoisotopic (exact) mass is 358 g/mol. The fraction of sp³-hybridized carbons (Fsp3) is 0.167. The van der Waals surface area contributed by atoms with Crippen LogP contribution in [-0.2, 0) is 9.53 Å². The molecule has 0 fully saturated rings. The lowest BCUT2D eigenvalue weighted by Crippen LogP contribution is -2.31. The Labute approximate surface area is 148 Å². The van der Waals surface area contributed by atoms with Crippen molar-refractivity contribution < 1.29 is 18.7 Å². The molecule has 2 heterocycles. The Bertz CT molecular complexity index is 872. The number of rotatable bonds is 5. The second-order valence-corrected chi connectivity index (χ2v) is 5.81. The summed E-state index contributed by atoms with van der Waals surface area (Å²) in [6.07, 6.45) is 1.29. The molecule has 0 spiro atoms. The van der Waals surface area contributed by atoms with Gasteiger partial charge in [-0.25, -0.2) is 9.78 Å². The zero-order chi connectivity index (χ0) is 17.8. The summed E-state index contributed by atoms with van der Waals surface area (Å²) in [5.41, 5.74) is 0.975. The molecule has 0 aliphatic rings. The summed E-state index contributed by atoms with van der Waals surface area (Å²) in [7, 11) is 0. The molecule has 25 heavy (non-hydrogen) atoms. The van der Waals surface area contributed by atoms with Gasteiger partial charge in [0, 0.05) is 11.6 Å². The number of halogens is 1. The summed E-state index contributed by atoms with van der Waals surface area (Å²) in [6.45, 7) is 1.40. The number of amides is 1. The summed E-state index contributed by atoms with van der Waals surface area (Å²) in [5.74, 6) is -0.443. The Balaban J connectivity index is 1.54. The van der Waals surface area contributed by atoms with E-state index in [-0.39, 0.29) is 16.8 Å². The third kappa shape index (κ3) is 4.16. The number of benzene rings is 1. The lowest BCUT2D eigenvalue weighted by atomic mass is 10.2. The molecule has 0 aliphatic heterocycles. The molecule has 0 unspecified atom stereocenters. The maximum atomic E-state index is 12.0. The Kier molecular flexibility index (Phi) is 5.00. The van der Waals surface area contributed by atoms with Gasteiger partial charge in [-0.3, -0.25) is 4.79 Å². The van der Waals surface area contributed by atoms with E-state index in [9.17, 15) is 9.59 Å². The number of hydrogen-bond donors (Lipinski definition) is 1. The van der Waals surface area contributed by atoms with Gasteiger partial charge in [0.15, 0.2) is 6.61 Å². The van der Waals surface area contributed by atoms with Crippen LogP contribution in [0.1, 0.15) is 29.1 Å². The molecule has 7 heteroatoms. The van der Waals surface area contributed by atoms with Gasteiger partial charge in [0.05, 0.1) is 11.6 Å². The minimum absolute atomic E-state index is 0.225. The number of para-hydroxylation sites is 1.